The van der Waals surface area contributed by atoms with E-state index >= 15 is 0 Å². The van der Waals surface area contributed by atoms with E-state index in [1.165, 1.54) is 11.2 Å². The molecule has 7 heteroatoms. The predicted octanol–water partition coefficient (Wildman–Crippen LogP) is 0.683. The number of aromatic amines is 1. The van der Waals surface area contributed by atoms with Crippen LogP contribution in [0, 0.1) is 0 Å². The second kappa shape index (κ2) is 5.29. The van der Waals surface area contributed by atoms with Crippen molar-refractivity contribution in [3.63, 3.8) is 0 Å². The number of aromatic nitrogens is 2. The van der Waals surface area contributed by atoms with Gasteiger partial charge in [-0.3, -0.25) is 0 Å². The molecule has 2 heterocycles. The summed E-state index contributed by atoms with van der Waals surface area (Å²) in [6, 6.07) is -1.10. The smallest absolute Gasteiger partial charge is 0.326 e. The number of carbonyl (C=O) groups is 2. The van der Waals surface area contributed by atoms with Gasteiger partial charge in [0.1, 0.15) is 6.04 Å². The average molecular weight is 266 g/mol. The first kappa shape index (κ1) is 13.4. The number of carboxylic acids is 1. The zero-order chi connectivity index (χ0) is 14.0. The molecule has 7 nitrogen and oxygen atoms in total. The minimum atomic E-state index is -0.994. The first-order valence-electron chi connectivity index (χ1n) is 6.30. The van der Waals surface area contributed by atoms with E-state index in [9.17, 15) is 14.7 Å². The summed E-state index contributed by atoms with van der Waals surface area (Å²) < 4.78 is 0. The molecule has 1 aromatic rings. The van der Waals surface area contributed by atoms with Crippen molar-refractivity contribution in [1.29, 1.82) is 0 Å². The van der Waals surface area contributed by atoms with Gasteiger partial charge in [-0.1, -0.05) is 6.92 Å². The SMILES string of the molecule is CCCN(C)C(=O)N1Cc2[nH]cnc2CC1C(=O)O. The number of carbonyl (C=O) groups excluding carboxylic acids is 1. The summed E-state index contributed by atoms with van der Waals surface area (Å²) in [5, 5.41) is 9.28. The Morgan fingerprint density at radius 2 is 2.37 bits per heavy atom. The van der Waals surface area contributed by atoms with Gasteiger partial charge in [0.05, 0.1) is 24.3 Å². The molecule has 0 saturated carbocycles. The maximum Gasteiger partial charge on any atom is 0.326 e. The van der Waals surface area contributed by atoms with Crippen molar-refractivity contribution in [3.8, 4) is 0 Å². The summed E-state index contributed by atoms with van der Waals surface area (Å²) in [5.41, 5.74) is 1.55. The number of amides is 2. The molecule has 1 aliphatic rings. The molecule has 0 radical (unpaired) electrons. The Morgan fingerprint density at radius 1 is 1.63 bits per heavy atom. The average Bonchev–Trinajstić information content (AvgIpc) is 2.83. The lowest BCUT2D eigenvalue weighted by Crippen LogP contribution is -2.52. The van der Waals surface area contributed by atoms with E-state index in [1.54, 1.807) is 11.9 Å². The van der Waals surface area contributed by atoms with Crippen molar-refractivity contribution in [3.05, 3.63) is 17.7 Å². The van der Waals surface area contributed by atoms with Crippen LogP contribution in [0.1, 0.15) is 24.7 Å². The number of rotatable bonds is 3. The number of carboxylic acid groups (broad SMARTS) is 1. The number of nitrogens with one attached hydrogen (secondary N) is 1. The normalized spacial score (nSPS) is 18.0. The fraction of sp³-hybridized carbons (Fsp3) is 0.583. The zero-order valence-corrected chi connectivity index (χ0v) is 11.1. The van der Waals surface area contributed by atoms with Crippen LogP contribution in [-0.4, -0.2) is 56.5 Å². The molecule has 0 saturated heterocycles. The number of aliphatic carboxylic acids is 1. The highest BCUT2D eigenvalue weighted by Crippen LogP contribution is 2.22. The molecule has 0 aliphatic carbocycles. The largest absolute Gasteiger partial charge is 0.480 e. The van der Waals surface area contributed by atoms with Crippen molar-refractivity contribution < 1.29 is 14.7 Å². The van der Waals surface area contributed by atoms with E-state index in [0.29, 0.717) is 6.54 Å². The summed E-state index contributed by atoms with van der Waals surface area (Å²) >= 11 is 0. The highest BCUT2D eigenvalue weighted by molar-refractivity contribution is 5.83. The lowest BCUT2D eigenvalue weighted by atomic mass is 10.0. The monoisotopic (exact) mass is 266 g/mol. The maximum absolute atomic E-state index is 12.3. The Labute approximate surface area is 111 Å². The molecule has 0 spiro atoms. The third kappa shape index (κ3) is 2.54. The maximum atomic E-state index is 12.3. The van der Waals surface area contributed by atoms with E-state index < -0.39 is 12.0 Å². The van der Waals surface area contributed by atoms with Crippen LogP contribution in [0.3, 0.4) is 0 Å². The second-order valence-corrected chi connectivity index (χ2v) is 4.72. The van der Waals surface area contributed by atoms with Crippen LogP contribution in [0.25, 0.3) is 0 Å². The number of fused-ring (bicyclic) bond motifs is 1. The van der Waals surface area contributed by atoms with Gasteiger partial charge in [-0.15, -0.1) is 0 Å². The lowest BCUT2D eigenvalue weighted by molar-refractivity contribution is -0.142. The van der Waals surface area contributed by atoms with Crippen LogP contribution in [0.5, 0.6) is 0 Å². The molecule has 1 atom stereocenters. The molecule has 1 unspecified atom stereocenters. The van der Waals surface area contributed by atoms with Crippen LogP contribution in [0.4, 0.5) is 4.79 Å². The van der Waals surface area contributed by atoms with E-state index in [2.05, 4.69) is 9.97 Å². The first-order chi connectivity index (χ1) is 9.04. The minimum absolute atomic E-state index is 0.250. The Hall–Kier alpha value is -2.05. The fourth-order valence-corrected chi connectivity index (χ4v) is 2.31. The number of hydrogen-bond donors (Lipinski definition) is 2. The molecular weight excluding hydrogens is 248 g/mol. The van der Waals surface area contributed by atoms with Crippen LogP contribution >= 0.6 is 0 Å². The van der Waals surface area contributed by atoms with E-state index in [4.69, 9.17) is 0 Å². The molecule has 1 aromatic heterocycles. The van der Waals surface area contributed by atoms with Crippen LogP contribution in [-0.2, 0) is 17.8 Å². The third-order valence-corrected chi connectivity index (χ3v) is 3.32. The third-order valence-electron chi connectivity index (χ3n) is 3.32. The van der Waals surface area contributed by atoms with Gasteiger partial charge < -0.3 is 19.9 Å². The van der Waals surface area contributed by atoms with Gasteiger partial charge in [-0.2, -0.15) is 0 Å². The molecule has 0 bridgehead atoms. The molecule has 2 rings (SSSR count). The lowest BCUT2D eigenvalue weighted by Gasteiger charge is -2.35. The van der Waals surface area contributed by atoms with E-state index in [1.807, 2.05) is 6.92 Å². The Kier molecular flexibility index (Phi) is 3.73. The molecular formula is C12H18N4O3. The molecule has 19 heavy (non-hydrogen) atoms. The van der Waals surface area contributed by atoms with Crippen molar-refractivity contribution in [2.45, 2.75) is 32.4 Å². The molecule has 0 aromatic carbocycles. The molecule has 2 amide bonds. The van der Waals surface area contributed by atoms with Crippen LogP contribution < -0.4 is 0 Å². The molecule has 2 N–H and O–H groups in total. The van der Waals surface area contributed by atoms with Gasteiger partial charge in [-0.25, -0.2) is 14.6 Å². The van der Waals surface area contributed by atoms with Gasteiger partial charge in [0.15, 0.2) is 0 Å². The van der Waals surface area contributed by atoms with Gasteiger partial charge in [0, 0.05) is 20.0 Å². The van der Waals surface area contributed by atoms with Gasteiger partial charge >= 0.3 is 12.0 Å². The fourth-order valence-electron chi connectivity index (χ4n) is 2.31. The Morgan fingerprint density at radius 3 is 3.00 bits per heavy atom. The molecule has 0 fully saturated rings. The van der Waals surface area contributed by atoms with Crippen molar-refractivity contribution in [2.75, 3.05) is 13.6 Å². The Balaban J connectivity index is 2.22. The van der Waals surface area contributed by atoms with Gasteiger partial charge in [0.2, 0.25) is 0 Å². The highest BCUT2D eigenvalue weighted by Gasteiger charge is 2.36. The van der Waals surface area contributed by atoms with E-state index in [0.717, 1.165) is 17.8 Å². The van der Waals surface area contributed by atoms with Gasteiger partial charge in [0.25, 0.3) is 0 Å². The van der Waals surface area contributed by atoms with Crippen molar-refractivity contribution in [2.24, 2.45) is 0 Å². The summed E-state index contributed by atoms with van der Waals surface area (Å²) in [6.07, 6.45) is 2.62. The number of urea groups is 1. The molecule has 1 aliphatic heterocycles. The van der Waals surface area contributed by atoms with Crippen molar-refractivity contribution >= 4 is 12.0 Å². The van der Waals surface area contributed by atoms with E-state index in [-0.39, 0.29) is 19.0 Å². The number of H-pyrrole nitrogens is 1. The number of hydrogen-bond acceptors (Lipinski definition) is 3. The Bertz CT molecular complexity index is 485. The number of nitrogens with zero attached hydrogens (tertiary/aromatic N) is 3. The predicted molar refractivity (Wildman–Crippen MR) is 67.6 cm³/mol. The van der Waals surface area contributed by atoms with Crippen LogP contribution in [0.15, 0.2) is 6.33 Å². The standard InChI is InChI=1S/C12H18N4O3/c1-3-4-15(2)12(19)16-6-9-8(13-7-14-9)5-10(16)11(17)18/h7,10H,3-6H2,1-2H3,(H,13,14)(H,17,18). The second-order valence-electron chi connectivity index (χ2n) is 4.72. The quantitative estimate of drug-likeness (QED) is 0.842. The number of imidazole rings is 1. The summed E-state index contributed by atoms with van der Waals surface area (Å²) in [5.74, 6) is -0.994. The first-order valence-corrected chi connectivity index (χ1v) is 6.30. The molecule has 104 valence electrons. The summed E-state index contributed by atoms with van der Waals surface area (Å²) in [6.45, 7) is 2.85. The summed E-state index contributed by atoms with van der Waals surface area (Å²) in [4.78, 5) is 33.6. The highest BCUT2D eigenvalue weighted by atomic mass is 16.4. The minimum Gasteiger partial charge on any atom is -0.480 e. The zero-order valence-electron chi connectivity index (χ0n) is 11.1. The topological polar surface area (TPSA) is 89.5 Å². The summed E-state index contributed by atoms with van der Waals surface area (Å²) in [7, 11) is 1.69. The van der Waals surface area contributed by atoms with Crippen LogP contribution in [0.2, 0.25) is 0 Å². The van der Waals surface area contributed by atoms with Gasteiger partial charge in [-0.05, 0) is 6.42 Å². The van der Waals surface area contributed by atoms with Crippen molar-refractivity contribution in [1.82, 2.24) is 19.8 Å².